The maximum Gasteiger partial charge on any atom is 0.0737 e. The topological polar surface area (TPSA) is 20.2 Å². The minimum absolute atomic E-state index is 0.392. The zero-order valence-electron chi connectivity index (χ0n) is 9.29. The van der Waals surface area contributed by atoms with Crippen molar-refractivity contribution < 1.29 is 5.11 Å². The van der Waals surface area contributed by atoms with E-state index in [4.69, 9.17) is 11.6 Å². The molecule has 2 rings (SSSR count). The van der Waals surface area contributed by atoms with Crippen LogP contribution >= 0.6 is 23.4 Å². The first-order chi connectivity index (χ1) is 7.68. The van der Waals surface area contributed by atoms with E-state index in [1.165, 1.54) is 18.4 Å². The Labute approximate surface area is 106 Å². The first-order valence-electron chi connectivity index (χ1n) is 5.73. The van der Waals surface area contributed by atoms with E-state index < -0.39 is 5.60 Å². The lowest BCUT2D eigenvalue weighted by molar-refractivity contribution is 0.0732. The van der Waals surface area contributed by atoms with Gasteiger partial charge in [-0.15, -0.1) is 0 Å². The normalized spacial score (nSPS) is 18.9. The molecule has 16 heavy (non-hydrogen) atoms. The van der Waals surface area contributed by atoms with Gasteiger partial charge in [0.1, 0.15) is 0 Å². The van der Waals surface area contributed by atoms with Crippen LogP contribution in [-0.2, 0) is 5.75 Å². The lowest BCUT2D eigenvalue weighted by Crippen LogP contribution is -2.27. The van der Waals surface area contributed by atoms with Gasteiger partial charge in [0.05, 0.1) is 5.60 Å². The highest BCUT2D eigenvalue weighted by molar-refractivity contribution is 7.98. The predicted molar refractivity (Wildman–Crippen MR) is 71.0 cm³/mol. The quantitative estimate of drug-likeness (QED) is 0.882. The Bertz CT molecular complexity index is 330. The molecule has 1 saturated carbocycles. The van der Waals surface area contributed by atoms with E-state index in [0.29, 0.717) is 0 Å². The number of rotatable bonds is 4. The van der Waals surface area contributed by atoms with Crippen LogP contribution in [0, 0.1) is 0 Å². The summed E-state index contributed by atoms with van der Waals surface area (Å²) in [6.07, 6.45) is 4.30. The lowest BCUT2D eigenvalue weighted by Gasteiger charge is -2.21. The molecular formula is C13H17ClOS. The predicted octanol–water partition coefficient (Wildman–Crippen LogP) is 3.88. The van der Waals surface area contributed by atoms with E-state index in [1.54, 1.807) is 0 Å². The molecular weight excluding hydrogens is 240 g/mol. The van der Waals surface area contributed by atoms with Gasteiger partial charge in [-0.2, -0.15) is 11.8 Å². The Morgan fingerprint density at radius 1 is 1.19 bits per heavy atom. The van der Waals surface area contributed by atoms with Crippen molar-refractivity contribution in [2.45, 2.75) is 37.0 Å². The average molecular weight is 257 g/mol. The molecule has 0 spiro atoms. The molecule has 0 radical (unpaired) electrons. The lowest BCUT2D eigenvalue weighted by atomic mass is 10.1. The summed E-state index contributed by atoms with van der Waals surface area (Å²) in [5.74, 6) is 1.81. The standard InChI is InChI=1S/C13H17ClOS/c14-12-5-3-11(4-6-12)9-16-10-13(15)7-1-2-8-13/h3-6,15H,1-2,7-10H2. The molecule has 0 amide bonds. The molecule has 1 aliphatic rings. The van der Waals surface area contributed by atoms with Crippen LogP contribution in [-0.4, -0.2) is 16.5 Å². The Balaban J connectivity index is 1.77. The summed E-state index contributed by atoms with van der Waals surface area (Å²) in [7, 11) is 0. The molecule has 1 aromatic carbocycles. The molecule has 1 nitrogen and oxygen atoms in total. The van der Waals surface area contributed by atoms with Crippen LogP contribution < -0.4 is 0 Å². The van der Waals surface area contributed by atoms with Crippen LogP contribution in [0.15, 0.2) is 24.3 Å². The molecule has 1 fully saturated rings. The van der Waals surface area contributed by atoms with Gasteiger partial charge in [-0.3, -0.25) is 0 Å². The summed E-state index contributed by atoms with van der Waals surface area (Å²) in [5, 5.41) is 11.0. The van der Waals surface area contributed by atoms with E-state index >= 15 is 0 Å². The summed E-state index contributed by atoms with van der Waals surface area (Å²) in [5.41, 5.74) is 0.882. The van der Waals surface area contributed by atoms with Crippen LogP contribution in [0.1, 0.15) is 31.2 Å². The molecule has 88 valence electrons. The fourth-order valence-corrected chi connectivity index (χ4v) is 3.44. The highest BCUT2D eigenvalue weighted by Gasteiger charge is 2.30. The van der Waals surface area contributed by atoms with E-state index in [1.807, 2.05) is 36.0 Å². The molecule has 0 bridgehead atoms. The second-order valence-electron chi connectivity index (χ2n) is 4.55. The molecule has 0 aromatic heterocycles. The first kappa shape index (κ1) is 12.3. The smallest absolute Gasteiger partial charge is 0.0737 e. The molecule has 0 unspecified atom stereocenters. The van der Waals surface area contributed by atoms with Gasteiger partial charge < -0.3 is 5.11 Å². The number of hydrogen-bond acceptors (Lipinski definition) is 2. The van der Waals surface area contributed by atoms with E-state index in [2.05, 4.69) is 0 Å². The van der Waals surface area contributed by atoms with Crippen molar-refractivity contribution in [3.8, 4) is 0 Å². The highest BCUT2D eigenvalue weighted by Crippen LogP contribution is 2.33. The second kappa shape index (κ2) is 5.44. The van der Waals surface area contributed by atoms with Crippen molar-refractivity contribution in [1.82, 2.24) is 0 Å². The van der Waals surface area contributed by atoms with Gasteiger partial charge in [-0.05, 0) is 30.5 Å². The van der Waals surface area contributed by atoms with Crippen molar-refractivity contribution in [1.29, 1.82) is 0 Å². The number of thioether (sulfide) groups is 1. The van der Waals surface area contributed by atoms with Gasteiger partial charge in [0.15, 0.2) is 0 Å². The molecule has 1 aromatic rings. The molecule has 1 aliphatic carbocycles. The Hall–Kier alpha value is -0.180. The van der Waals surface area contributed by atoms with Crippen LogP contribution in [0.25, 0.3) is 0 Å². The van der Waals surface area contributed by atoms with Gasteiger partial charge >= 0.3 is 0 Å². The van der Waals surface area contributed by atoms with Gasteiger partial charge in [-0.1, -0.05) is 36.6 Å². The van der Waals surface area contributed by atoms with Crippen molar-refractivity contribution in [3.63, 3.8) is 0 Å². The van der Waals surface area contributed by atoms with E-state index in [9.17, 15) is 5.11 Å². The fourth-order valence-electron chi connectivity index (χ4n) is 2.12. The Kier molecular flexibility index (Phi) is 4.17. The summed E-state index contributed by atoms with van der Waals surface area (Å²) in [6, 6.07) is 7.94. The third-order valence-corrected chi connectivity index (χ3v) is 4.62. The third-order valence-electron chi connectivity index (χ3n) is 3.09. The van der Waals surface area contributed by atoms with Crippen molar-refractivity contribution in [3.05, 3.63) is 34.9 Å². The van der Waals surface area contributed by atoms with Gasteiger partial charge in [0, 0.05) is 16.5 Å². The van der Waals surface area contributed by atoms with Crippen molar-refractivity contribution >= 4 is 23.4 Å². The zero-order chi connectivity index (χ0) is 11.4. The Morgan fingerprint density at radius 3 is 2.44 bits per heavy atom. The molecule has 1 N–H and O–H groups in total. The number of halogens is 1. The first-order valence-corrected chi connectivity index (χ1v) is 7.26. The van der Waals surface area contributed by atoms with Crippen molar-refractivity contribution in [2.75, 3.05) is 5.75 Å². The molecule has 0 heterocycles. The molecule has 0 aliphatic heterocycles. The van der Waals surface area contributed by atoms with Gasteiger partial charge in [0.25, 0.3) is 0 Å². The number of aliphatic hydroxyl groups is 1. The molecule has 0 saturated heterocycles. The zero-order valence-corrected chi connectivity index (χ0v) is 10.9. The fraction of sp³-hybridized carbons (Fsp3) is 0.538. The number of benzene rings is 1. The largest absolute Gasteiger partial charge is 0.389 e. The average Bonchev–Trinajstić information content (AvgIpc) is 2.69. The number of hydrogen-bond donors (Lipinski definition) is 1. The maximum absolute atomic E-state index is 10.2. The second-order valence-corrected chi connectivity index (χ2v) is 5.97. The highest BCUT2D eigenvalue weighted by atomic mass is 35.5. The molecule has 0 atom stereocenters. The third kappa shape index (κ3) is 3.41. The van der Waals surface area contributed by atoms with Crippen LogP contribution in [0.5, 0.6) is 0 Å². The summed E-state index contributed by atoms with van der Waals surface area (Å²) < 4.78 is 0. The minimum atomic E-state index is -0.392. The monoisotopic (exact) mass is 256 g/mol. The van der Waals surface area contributed by atoms with Crippen molar-refractivity contribution in [2.24, 2.45) is 0 Å². The summed E-state index contributed by atoms with van der Waals surface area (Å²) in [4.78, 5) is 0. The van der Waals surface area contributed by atoms with Crippen LogP contribution in [0.4, 0.5) is 0 Å². The van der Waals surface area contributed by atoms with Crippen LogP contribution in [0.2, 0.25) is 5.02 Å². The minimum Gasteiger partial charge on any atom is -0.389 e. The maximum atomic E-state index is 10.2. The van der Waals surface area contributed by atoms with Gasteiger partial charge in [-0.25, -0.2) is 0 Å². The van der Waals surface area contributed by atoms with E-state index in [-0.39, 0.29) is 0 Å². The Morgan fingerprint density at radius 2 is 1.81 bits per heavy atom. The van der Waals surface area contributed by atoms with Gasteiger partial charge in [0.2, 0.25) is 0 Å². The molecule has 3 heteroatoms. The summed E-state index contributed by atoms with van der Waals surface area (Å²) >= 11 is 7.64. The van der Waals surface area contributed by atoms with Crippen LogP contribution in [0.3, 0.4) is 0 Å². The SMILES string of the molecule is OC1(CSCc2ccc(Cl)cc2)CCCC1. The van der Waals surface area contributed by atoms with E-state index in [0.717, 1.165) is 29.4 Å². The summed E-state index contributed by atoms with van der Waals surface area (Å²) in [6.45, 7) is 0.